The van der Waals surface area contributed by atoms with Crippen LogP contribution in [0.25, 0.3) is 0 Å². The van der Waals surface area contributed by atoms with Crippen LogP contribution in [0.15, 0.2) is 10.6 Å². The number of thioether (sulfide) groups is 1. The number of aliphatic hydroxyl groups excluding tert-OH is 1. The fourth-order valence-corrected chi connectivity index (χ4v) is 6.62. The lowest BCUT2D eigenvalue weighted by Gasteiger charge is -2.46. The van der Waals surface area contributed by atoms with E-state index in [0.29, 0.717) is 6.54 Å². The van der Waals surface area contributed by atoms with Crippen molar-refractivity contribution in [3.63, 3.8) is 0 Å². The number of carbonyl (C=O) groups excluding carboxylic acids is 2. The van der Waals surface area contributed by atoms with Gasteiger partial charge in [0.1, 0.15) is 5.70 Å². The minimum Gasteiger partial charge on any atom is -0.477 e. The number of nitrogens with zero attached hydrogens (tertiary/aromatic N) is 3. The molecule has 9 nitrogen and oxygen atoms in total. The first kappa shape index (κ1) is 21.6. The van der Waals surface area contributed by atoms with Crippen molar-refractivity contribution in [3.05, 3.63) is 10.6 Å². The number of aliphatic hydroxyl groups is 1. The van der Waals surface area contributed by atoms with Crippen LogP contribution >= 0.6 is 11.8 Å². The molecule has 4 aliphatic heterocycles. The van der Waals surface area contributed by atoms with Gasteiger partial charge in [-0.15, -0.1) is 11.8 Å². The van der Waals surface area contributed by atoms with Gasteiger partial charge in [0.2, 0.25) is 11.8 Å². The van der Waals surface area contributed by atoms with E-state index in [9.17, 15) is 24.6 Å². The van der Waals surface area contributed by atoms with Gasteiger partial charge in [-0.25, -0.2) is 4.79 Å². The van der Waals surface area contributed by atoms with E-state index in [2.05, 4.69) is 10.2 Å². The number of carboxylic acid groups (broad SMARTS) is 1. The zero-order valence-electron chi connectivity index (χ0n) is 17.4. The van der Waals surface area contributed by atoms with Crippen molar-refractivity contribution < 1.29 is 24.6 Å². The first-order valence-electron chi connectivity index (χ1n) is 10.7. The van der Waals surface area contributed by atoms with E-state index < -0.39 is 18.0 Å². The number of amides is 2. The fraction of sp³-hybridized carbons (Fsp3) is 0.750. The third-order valence-corrected chi connectivity index (χ3v) is 8.20. The summed E-state index contributed by atoms with van der Waals surface area (Å²) in [7, 11) is 0. The largest absolute Gasteiger partial charge is 0.477 e. The fourth-order valence-electron chi connectivity index (χ4n) is 5.10. The summed E-state index contributed by atoms with van der Waals surface area (Å²) in [6.45, 7) is 8.61. The van der Waals surface area contributed by atoms with Gasteiger partial charge in [0.05, 0.1) is 24.6 Å². The smallest absolute Gasteiger partial charge is 0.353 e. The van der Waals surface area contributed by atoms with E-state index in [1.807, 2.05) is 11.8 Å². The molecular formula is C20H30N4O5S. The number of hydrogen-bond donors (Lipinski definition) is 3. The standard InChI is InChI=1S/C20H30N4O5S/c1-11-16-15(12(2)25)19(27)24(16)17(20(28)29)18(11)30-13-3-6-22(9-13)10-14(26)23-7-4-21-5-8-23/h11-13,15-16,21,25H,3-10H2,1-2H3,(H,28,29)/t11-,12-,13-,15-,16-/m1/s1. The van der Waals surface area contributed by atoms with Gasteiger partial charge in [-0.2, -0.15) is 0 Å². The molecule has 4 aliphatic rings. The maximum Gasteiger partial charge on any atom is 0.353 e. The molecule has 0 aromatic heterocycles. The van der Waals surface area contributed by atoms with Gasteiger partial charge in [-0.1, -0.05) is 6.92 Å². The molecule has 30 heavy (non-hydrogen) atoms. The van der Waals surface area contributed by atoms with Gasteiger partial charge in [0, 0.05) is 48.8 Å². The Labute approximate surface area is 180 Å². The third-order valence-electron chi connectivity index (χ3n) is 6.66. The number of nitrogens with one attached hydrogen (secondary N) is 1. The highest BCUT2D eigenvalue weighted by Gasteiger charge is 2.60. The summed E-state index contributed by atoms with van der Waals surface area (Å²) >= 11 is 1.54. The van der Waals surface area contributed by atoms with E-state index in [0.717, 1.165) is 50.6 Å². The number of aliphatic carboxylic acids is 1. The van der Waals surface area contributed by atoms with Gasteiger partial charge in [-0.05, 0) is 19.9 Å². The van der Waals surface area contributed by atoms with E-state index in [4.69, 9.17) is 0 Å². The molecule has 0 radical (unpaired) electrons. The van der Waals surface area contributed by atoms with Crippen LogP contribution in [0, 0.1) is 11.8 Å². The number of rotatable bonds is 6. The minimum absolute atomic E-state index is 0.0785. The third kappa shape index (κ3) is 3.74. The van der Waals surface area contributed by atoms with Crippen molar-refractivity contribution in [2.24, 2.45) is 11.8 Å². The SMILES string of the molecule is C[C@@H](O)[C@H]1C(=O)N2C(C(=O)O)=C(S[C@@H]3CCN(CC(=O)N4CCNCC4)C3)[C@H](C)[C@H]12. The molecule has 0 saturated carbocycles. The van der Waals surface area contributed by atoms with Gasteiger partial charge in [0.15, 0.2) is 0 Å². The normalized spacial score (nSPS) is 33.0. The Bertz CT molecular complexity index is 766. The number of carboxylic acids is 1. The Morgan fingerprint density at radius 2 is 1.97 bits per heavy atom. The summed E-state index contributed by atoms with van der Waals surface area (Å²) in [5.74, 6) is -1.90. The Morgan fingerprint density at radius 1 is 1.27 bits per heavy atom. The maximum atomic E-state index is 12.5. The van der Waals surface area contributed by atoms with Crippen LogP contribution in [-0.2, 0) is 14.4 Å². The Balaban J connectivity index is 1.40. The van der Waals surface area contributed by atoms with Crippen LogP contribution in [0.1, 0.15) is 20.3 Å². The summed E-state index contributed by atoms with van der Waals surface area (Å²) in [6.07, 6.45) is 0.0831. The average molecular weight is 439 g/mol. The highest BCUT2D eigenvalue weighted by atomic mass is 32.2. The first-order chi connectivity index (χ1) is 14.3. The van der Waals surface area contributed by atoms with Crippen LogP contribution in [-0.4, -0.2) is 106 Å². The number of β-lactam (4-membered cyclic amide) rings is 1. The van der Waals surface area contributed by atoms with Crippen LogP contribution in [0.3, 0.4) is 0 Å². The predicted octanol–water partition coefficient (Wildman–Crippen LogP) is -0.621. The van der Waals surface area contributed by atoms with Crippen molar-refractivity contribution in [1.82, 2.24) is 20.0 Å². The van der Waals surface area contributed by atoms with Crippen LogP contribution in [0.4, 0.5) is 0 Å². The van der Waals surface area contributed by atoms with Crippen molar-refractivity contribution in [2.75, 3.05) is 45.8 Å². The van der Waals surface area contributed by atoms with Gasteiger partial charge in [-0.3, -0.25) is 14.5 Å². The Morgan fingerprint density at radius 3 is 2.60 bits per heavy atom. The molecule has 10 heteroatoms. The lowest BCUT2D eigenvalue weighted by Crippen LogP contribution is -2.63. The molecule has 3 fully saturated rings. The Hall–Kier alpha value is -1.62. The van der Waals surface area contributed by atoms with E-state index in [-0.39, 0.29) is 34.7 Å². The molecule has 0 aromatic carbocycles. The quantitative estimate of drug-likeness (QED) is 0.470. The van der Waals surface area contributed by atoms with Crippen molar-refractivity contribution >= 4 is 29.5 Å². The van der Waals surface area contributed by atoms with Crippen LogP contribution < -0.4 is 5.32 Å². The summed E-state index contributed by atoms with van der Waals surface area (Å²) in [4.78, 5) is 43.0. The second-order valence-electron chi connectivity index (χ2n) is 8.67. The molecule has 0 aliphatic carbocycles. The lowest BCUT2D eigenvalue weighted by atomic mass is 9.79. The average Bonchev–Trinajstić information content (AvgIpc) is 3.23. The van der Waals surface area contributed by atoms with Gasteiger partial charge < -0.3 is 25.3 Å². The molecule has 3 N–H and O–H groups in total. The van der Waals surface area contributed by atoms with E-state index in [1.54, 1.807) is 6.92 Å². The zero-order valence-corrected chi connectivity index (χ0v) is 18.2. The summed E-state index contributed by atoms with van der Waals surface area (Å²) in [6, 6.07) is -0.280. The second kappa shape index (κ2) is 8.49. The van der Waals surface area contributed by atoms with Crippen LogP contribution in [0.5, 0.6) is 0 Å². The van der Waals surface area contributed by atoms with Crippen molar-refractivity contribution in [1.29, 1.82) is 0 Å². The molecular weight excluding hydrogens is 408 g/mol. The molecule has 2 amide bonds. The van der Waals surface area contributed by atoms with E-state index in [1.165, 1.54) is 16.7 Å². The molecule has 0 bridgehead atoms. The van der Waals surface area contributed by atoms with E-state index >= 15 is 0 Å². The van der Waals surface area contributed by atoms with Crippen LogP contribution in [0.2, 0.25) is 0 Å². The zero-order chi connectivity index (χ0) is 21.6. The monoisotopic (exact) mass is 438 g/mol. The highest BCUT2D eigenvalue weighted by Crippen LogP contribution is 2.51. The number of hydrogen-bond acceptors (Lipinski definition) is 7. The first-order valence-corrected chi connectivity index (χ1v) is 11.5. The lowest BCUT2D eigenvalue weighted by molar-refractivity contribution is -0.163. The number of carbonyl (C=O) groups is 3. The number of piperazine rings is 1. The molecule has 4 rings (SSSR count). The molecule has 0 spiro atoms. The van der Waals surface area contributed by atoms with Gasteiger partial charge >= 0.3 is 5.97 Å². The summed E-state index contributed by atoms with van der Waals surface area (Å²) in [5, 5.41) is 23.2. The number of fused-ring (bicyclic) bond motifs is 1. The second-order valence-corrected chi connectivity index (χ2v) is 10.0. The predicted molar refractivity (Wildman–Crippen MR) is 112 cm³/mol. The molecule has 5 atom stereocenters. The molecule has 0 unspecified atom stereocenters. The summed E-state index contributed by atoms with van der Waals surface area (Å²) in [5.41, 5.74) is 0.0785. The molecule has 3 saturated heterocycles. The molecule has 0 aromatic rings. The molecule has 4 heterocycles. The topological polar surface area (TPSA) is 113 Å². The highest BCUT2D eigenvalue weighted by molar-refractivity contribution is 8.03. The number of likely N-dealkylation sites (tertiary alicyclic amines) is 1. The van der Waals surface area contributed by atoms with Crippen molar-refractivity contribution in [3.8, 4) is 0 Å². The minimum atomic E-state index is -1.09. The van der Waals surface area contributed by atoms with Gasteiger partial charge in [0.25, 0.3) is 0 Å². The van der Waals surface area contributed by atoms with Crippen molar-refractivity contribution in [2.45, 2.75) is 37.7 Å². The maximum absolute atomic E-state index is 12.5. The summed E-state index contributed by atoms with van der Waals surface area (Å²) < 4.78 is 0. The Kier molecular flexibility index (Phi) is 6.11. The molecule has 166 valence electrons.